The third kappa shape index (κ3) is 4.81. The fraction of sp³-hybridized carbons (Fsp3) is 0. The van der Waals surface area contributed by atoms with Crippen LogP contribution in [0.2, 0.25) is 0 Å². The van der Waals surface area contributed by atoms with Gasteiger partial charge in [-0.1, -0.05) is 152 Å². The van der Waals surface area contributed by atoms with Crippen LogP contribution in [-0.4, -0.2) is 24.1 Å². The second kappa shape index (κ2) is 12.3. The van der Waals surface area contributed by atoms with Crippen LogP contribution in [0, 0.1) is 0 Å². The number of nitrogens with zero attached hydrogens (tertiary/aromatic N) is 5. The van der Waals surface area contributed by atoms with E-state index in [2.05, 4.69) is 53.1 Å². The van der Waals surface area contributed by atoms with E-state index in [0.717, 1.165) is 71.2 Å². The van der Waals surface area contributed by atoms with Gasteiger partial charge in [0.05, 0.1) is 34.5 Å². The molecule has 0 atom stereocenters. The summed E-state index contributed by atoms with van der Waals surface area (Å²) in [6, 6.07) is 50.7. The van der Waals surface area contributed by atoms with Crippen LogP contribution < -0.4 is 0 Å². The van der Waals surface area contributed by atoms with Gasteiger partial charge in [0, 0.05) is 49.1 Å². The Morgan fingerprint density at radius 3 is 1.56 bits per heavy atom. The summed E-state index contributed by atoms with van der Waals surface area (Å²) in [5.74, 6) is 0.345. The largest absolute Gasteiger partial charge is 0.455 e. The highest BCUT2D eigenvalue weighted by Crippen LogP contribution is 2.43. The molecule has 266 valence electrons. The average molecular weight is 735 g/mol. The van der Waals surface area contributed by atoms with E-state index in [1.165, 1.54) is 0 Å². The van der Waals surface area contributed by atoms with Crippen molar-refractivity contribution in [2.24, 2.45) is 0 Å². The normalized spacial score (nSPS) is 13.1. The van der Waals surface area contributed by atoms with Crippen molar-refractivity contribution < 1.29 is 11.3 Å². The molecule has 6 nitrogen and oxygen atoms in total. The summed E-state index contributed by atoms with van der Waals surface area (Å²) in [5, 5.41) is 5.89. The summed E-state index contributed by atoms with van der Waals surface area (Å²) in [5.41, 5.74) is 8.06. The Morgan fingerprint density at radius 1 is 0.404 bits per heavy atom. The minimum Gasteiger partial charge on any atom is -0.455 e. The molecule has 0 N–H and O–H groups in total. The predicted octanol–water partition coefficient (Wildman–Crippen LogP) is 13.0. The third-order valence-corrected chi connectivity index (χ3v) is 10.9. The highest BCUT2D eigenvalue weighted by Gasteiger charge is 2.24. The van der Waals surface area contributed by atoms with E-state index in [-0.39, 0.29) is 23.2 Å². The van der Waals surface area contributed by atoms with Crippen LogP contribution in [-0.2, 0) is 0 Å². The van der Waals surface area contributed by atoms with Gasteiger partial charge in [-0.05, 0) is 42.0 Å². The third-order valence-electron chi connectivity index (χ3n) is 10.9. The molecule has 0 fully saturated rings. The van der Waals surface area contributed by atoms with E-state index in [9.17, 15) is 0 Å². The summed E-state index contributed by atoms with van der Waals surface area (Å²) in [6.07, 6.45) is 0. The number of hydrogen-bond acceptors (Lipinski definition) is 4. The summed E-state index contributed by atoms with van der Waals surface area (Å²) in [7, 11) is 0. The Balaban J connectivity index is 1.24. The lowest BCUT2D eigenvalue weighted by Gasteiger charge is -2.13. The van der Waals surface area contributed by atoms with Gasteiger partial charge in [-0.2, -0.15) is 9.97 Å². The van der Waals surface area contributed by atoms with Gasteiger partial charge < -0.3 is 8.98 Å². The predicted molar refractivity (Wildman–Crippen MR) is 232 cm³/mol. The average Bonchev–Trinajstić information content (AvgIpc) is 3.98. The molecular formula is C51H31N5O. The van der Waals surface area contributed by atoms with Crippen LogP contribution in [0.4, 0.5) is 0 Å². The molecule has 57 heavy (non-hydrogen) atoms. The zero-order chi connectivity index (χ0) is 41.8. The van der Waals surface area contributed by atoms with Gasteiger partial charge in [-0.3, -0.25) is 4.57 Å². The number of benzene rings is 8. The molecule has 0 amide bonds. The van der Waals surface area contributed by atoms with Gasteiger partial charge in [-0.15, -0.1) is 0 Å². The lowest BCUT2D eigenvalue weighted by Crippen LogP contribution is -2.06. The molecule has 0 unspecified atom stereocenters. The maximum absolute atomic E-state index is 9.05. The number of rotatable bonds is 5. The van der Waals surface area contributed by atoms with Gasteiger partial charge in [0.1, 0.15) is 11.2 Å². The van der Waals surface area contributed by atoms with E-state index in [0.29, 0.717) is 16.7 Å². The van der Waals surface area contributed by atoms with Crippen LogP contribution >= 0.6 is 0 Å². The number of para-hydroxylation sites is 5. The maximum Gasteiger partial charge on any atom is 0.238 e. The molecule has 6 heteroatoms. The Morgan fingerprint density at radius 2 is 0.930 bits per heavy atom. The number of aromatic nitrogens is 5. The van der Waals surface area contributed by atoms with Gasteiger partial charge >= 0.3 is 0 Å². The molecule has 4 aromatic heterocycles. The van der Waals surface area contributed by atoms with Crippen LogP contribution in [0.5, 0.6) is 0 Å². The Kier molecular flexibility index (Phi) is 5.82. The van der Waals surface area contributed by atoms with Gasteiger partial charge in [0.25, 0.3) is 0 Å². The highest BCUT2D eigenvalue weighted by molar-refractivity contribution is 6.15. The van der Waals surface area contributed by atoms with Crippen molar-refractivity contribution in [3.8, 4) is 45.5 Å². The molecule has 0 bridgehead atoms. The molecule has 0 saturated heterocycles. The molecule has 12 rings (SSSR count). The maximum atomic E-state index is 9.05. The van der Waals surface area contributed by atoms with Crippen LogP contribution in [0.3, 0.4) is 0 Å². The van der Waals surface area contributed by atoms with Crippen LogP contribution in [0.1, 0.15) is 6.85 Å². The minimum atomic E-state index is -0.502. The smallest absolute Gasteiger partial charge is 0.238 e. The lowest BCUT2D eigenvalue weighted by molar-refractivity contribution is 0.670. The summed E-state index contributed by atoms with van der Waals surface area (Å²) < 4.78 is 54.9. The number of fused-ring (bicyclic) bond motifs is 9. The van der Waals surface area contributed by atoms with Crippen LogP contribution in [0.25, 0.3) is 111 Å². The molecule has 0 saturated carbocycles. The fourth-order valence-corrected chi connectivity index (χ4v) is 8.42. The first kappa shape index (κ1) is 26.9. The quantitative estimate of drug-likeness (QED) is 0.177. The topological polar surface area (TPSA) is 61.7 Å². The number of furan rings is 1. The molecule has 0 aliphatic carbocycles. The Labute approximate surface area is 333 Å². The van der Waals surface area contributed by atoms with Crippen molar-refractivity contribution >= 4 is 65.6 Å². The molecule has 0 radical (unpaired) electrons. The molecule has 8 aromatic carbocycles. The summed E-state index contributed by atoms with van der Waals surface area (Å²) in [6.45, 7) is 0. The summed E-state index contributed by atoms with van der Waals surface area (Å²) >= 11 is 0. The zero-order valence-corrected chi connectivity index (χ0v) is 30.2. The first-order valence-electron chi connectivity index (χ1n) is 21.2. The van der Waals surface area contributed by atoms with Gasteiger partial charge in [0.2, 0.25) is 5.95 Å². The van der Waals surface area contributed by atoms with Crippen LogP contribution in [0.15, 0.2) is 192 Å². The van der Waals surface area contributed by atoms with Crippen molar-refractivity contribution in [3.05, 3.63) is 188 Å². The molecule has 0 aliphatic heterocycles. The molecule has 0 aliphatic rings. The second-order valence-electron chi connectivity index (χ2n) is 14.0. The SMILES string of the molecule is [2H]c1c([2H])c([2H])c(-c2nc(-c3cc(-n4c5ccccc5c5ccccc54)cc4c3oc3c(-c5ccccc5)cccc34)nc(-n3c4ccccc4c4ccccc43)n2)c([2H])c1[2H]. The van der Waals surface area contributed by atoms with Crippen molar-refractivity contribution in [3.63, 3.8) is 0 Å². The highest BCUT2D eigenvalue weighted by atomic mass is 16.3. The van der Waals surface area contributed by atoms with Crippen molar-refractivity contribution in [1.82, 2.24) is 24.1 Å². The van der Waals surface area contributed by atoms with Gasteiger partial charge in [-0.25, -0.2) is 4.98 Å². The lowest BCUT2D eigenvalue weighted by atomic mass is 10.0. The van der Waals surface area contributed by atoms with E-state index >= 15 is 0 Å². The molecule has 12 aromatic rings. The summed E-state index contributed by atoms with van der Waals surface area (Å²) in [4.78, 5) is 15.3. The first-order valence-corrected chi connectivity index (χ1v) is 18.7. The Bertz CT molecular complexity index is 3700. The molecular weight excluding hydrogens is 699 g/mol. The standard InChI is InChI=1S/C51H31N5O/c1-3-16-32(17-4-1)35-24-15-25-40-41-30-34(55-43-26-11-7-20-36(43)37-21-8-12-27-44(37)55)31-42(48(41)57-47(35)40)50-52-49(33-18-5-2-6-19-33)53-51(54-50)56-45-28-13-9-22-38(45)39-23-10-14-29-46(39)56/h1-31H/i2D,5D,6D,18D,19D. The minimum absolute atomic E-state index is 0.0691. The van der Waals surface area contributed by atoms with E-state index < -0.39 is 30.2 Å². The van der Waals surface area contributed by atoms with E-state index in [1.807, 2.05) is 114 Å². The molecule has 0 spiro atoms. The fourth-order valence-electron chi connectivity index (χ4n) is 8.42. The van der Waals surface area contributed by atoms with Crippen molar-refractivity contribution in [2.45, 2.75) is 0 Å². The second-order valence-corrected chi connectivity index (χ2v) is 14.0. The Hall–Kier alpha value is -7.83. The van der Waals surface area contributed by atoms with Crippen molar-refractivity contribution in [1.29, 1.82) is 0 Å². The van der Waals surface area contributed by atoms with E-state index in [1.54, 1.807) is 0 Å². The molecule has 4 heterocycles. The first-order chi connectivity index (χ1) is 30.4. The zero-order valence-electron chi connectivity index (χ0n) is 35.2. The monoisotopic (exact) mass is 734 g/mol. The number of hydrogen-bond donors (Lipinski definition) is 0. The van der Waals surface area contributed by atoms with Gasteiger partial charge in [0.15, 0.2) is 11.6 Å². The van der Waals surface area contributed by atoms with E-state index in [4.69, 9.17) is 26.2 Å². The van der Waals surface area contributed by atoms with Crippen molar-refractivity contribution in [2.75, 3.05) is 0 Å².